The Labute approximate surface area is 279 Å². The van der Waals surface area contributed by atoms with Gasteiger partial charge in [0.2, 0.25) is 17.8 Å². The summed E-state index contributed by atoms with van der Waals surface area (Å²) in [5.74, 6) is 1.47. The molecule has 7 N–H and O–H groups in total. The van der Waals surface area contributed by atoms with E-state index in [9.17, 15) is 4.79 Å². The SMILES string of the molecule is CCCCNc1nc(NCCCCCOCCNC(=O)c2ccccc2)nc(Nc2ccc(CNCCOCCOCCN)cc2)n1. The van der Waals surface area contributed by atoms with Gasteiger partial charge in [0.15, 0.2) is 0 Å². The van der Waals surface area contributed by atoms with Crippen molar-refractivity contribution in [3.05, 3.63) is 65.7 Å². The Bertz CT molecular complexity index is 1240. The van der Waals surface area contributed by atoms with Crippen LogP contribution in [0.5, 0.6) is 0 Å². The van der Waals surface area contributed by atoms with Crippen molar-refractivity contribution < 1.29 is 19.0 Å². The normalized spacial score (nSPS) is 10.9. The molecular formula is C34H53N9O4. The van der Waals surface area contributed by atoms with E-state index < -0.39 is 0 Å². The van der Waals surface area contributed by atoms with E-state index in [4.69, 9.17) is 19.9 Å². The first kappa shape index (κ1) is 37.6. The Balaban J connectivity index is 1.34. The molecule has 1 heterocycles. The van der Waals surface area contributed by atoms with Gasteiger partial charge in [-0.05, 0) is 55.5 Å². The number of nitrogens with one attached hydrogen (secondary N) is 5. The lowest BCUT2D eigenvalue weighted by Crippen LogP contribution is -2.27. The number of anilines is 4. The van der Waals surface area contributed by atoms with Crippen LogP contribution in [0.1, 0.15) is 54.9 Å². The lowest BCUT2D eigenvalue weighted by Gasteiger charge is -2.12. The Morgan fingerprint density at radius 1 is 0.681 bits per heavy atom. The van der Waals surface area contributed by atoms with Gasteiger partial charge in [0, 0.05) is 57.1 Å². The summed E-state index contributed by atoms with van der Waals surface area (Å²) >= 11 is 0. The number of hydrogen-bond donors (Lipinski definition) is 6. The molecule has 0 bridgehead atoms. The maximum atomic E-state index is 12.1. The third kappa shape index (κ3) is 17.0. The van der Waals surface area contributed by atoms with Crippen LogP contribution in [0.15, 0.2) is 54.6 Å². The summed E-state index contributed by atoms with van der Waals surface area (Å²) in [6.45, 7) is 9.69. The maximum Gasteiger partial charge on any atom is 0.251 e. The summed E-state index contributed by atoms with van der Waals surface area (Å²) < 4.78 is 16.5. The Hall–Kier alpha value is -3.88. The molecule has 0 aliphatic carbocycles. The molecule has 0 spiro atoms. The van der Waals surface area contributed by atoms with E-state index in [1.54, 1.807) is 12.1 Å². The van der Waals surface area contributed by atoms with Crippen LogP contribution >= 0.6 is 0 Å². The third-order valence-electron chi connectivity index (χ3n) is 6.86. The predicted octanol–water partition coefficient (Wildman–Crippen LogP) is 3.94. The number of carbonyl (C=O) groups excluding carboxylic acids is 1. The van der Waals surface area contributed by atoms with Gasteiger partial charge in [0.1, 0.15) is 0 Å². The minimum absolute atomic E-state index is 0.0818. The van der Waals surface area contributed by atoms with Gasteiger partial charge in [-0.25, -0.2) is 0 Å². The Morgan fingerprint density at radius 2 is 1.34 bits per heavy atom. The highest BCUT2D eigenvalue weighted by Crippen LogP contribution is 2.17. The van der Waals surface area contributed by atoms with Crippen LogP contribution in [0.25, 0.3) is 0 Å². The van der Waals surface area contributed by atoms with E-state index in [0.717, 1.165) is 64.0 Å². The van der Waals surface area contributed by atoms with Crippen molar-refractivity contribution in [2.75, 3.05) is 88.3 Å². The van der Waals surface area contributed by atoms with Gasteiger partial charge < -0.3 is 46.5 Å². The van der Waals surface area contributed by atoms with Gasteiger partial charge in [0.05, 0.1) is 33.0 Å². The van der Waals surface area contributed by atoms with Gasteiger partial charge in [-0.3, -0.25) is 4.79 Å². The van der Waals surface area contributed by atoms with Crippen LogP contribution in [0.3, 0.4) is 0 Å². The fraction of sp³-hybridized carbons (Fsp3) is 0.529. The average Bonchev–Trinajstić information content (AvgIpc) is 3.09. The second-order valence-corrected chi connectivity index (χ2v) is 10.8. The molecule has 13 heteroatoms. The van der Waals surface area contributed by atoms with E-state index in [1.807, 2.05) is 30.3 Å². The Kier molecular flexibility index (Phi) is 19.4. The molecular weight excluding hydrogens is 598 g/mol. The van der Waals surface area contributed by atoms with Gasteiger partial charge in [0.25, 0.3) is 5.91 Å². The van der Waals surface area contributed by atoms with Crippen LogP contribution in [0, 0.1) is 0 Å². The second kappa shape index (κ2) is 24.3. The first-order valence-electron chi connectivity index (χ1n) is 16.7. The van der Waals surface area contributed by atoms with Crippen LogP contribution in [-0.4, -0.2) is 93.2 Å². The summed E-state index contributed by atoms with van der Waals surface area (Å²) in [5.41, 5.74) is 8.11. The molecule has 0 unspecified atom stereocenters. The van der Waals surface area contributed by atoms with Gasteiger partial charge >= 0.3 is 0 Å². The highest BCUT2D eigenvalue weighted by molar-refractivity contribution is 5.94. The lowest BCUT2D eigenvalue weighted by molar-refractivity contribution is 0.0518. The molecule has 1 amide bonds. The Morgan fingerprint density at radius 3 is 2.06 bits per heavy atom. The fourth-order valence-corrected chi connectivity index (χ4v) is 4.32. The largest absolute Gasteiger partial charge is 0.380 e. The maximum absolute atomic E-state index is 12.1. The number of nitrogens with two attached hydrogens (primary N) is 1. The van der Waals surface area contributed by atoms with Crippen LogP contribution in [0.2, 0.25) is 0 Å². The van der Waals surface area contributed by atoms with Gasteiger partial charge in [-0.15, -0.1) is 0 Å². The molecule has 0 atom stereocenters. The van der Waals surface area contributed by atoms with Crippen molar-refractivity contribution in [2.45, 2.75) is 45.6 Å². The molecule has 0 saturated heterocycles. The van der Waals surface area contributed by atoms with E-state index in [2.05, 4.69) is 60.6 Å². The smallest absolute Gasteiger partial charge is 0.251 e. The van der Waals surface area contributed by atoms with Gasteiger partial charge in [-0.2, -0.15) is 15.0 Å². The molecule has 3 rings (SSSR count). The monoisotopic (exact) mass is 651 g/mol. The molecule has 0 aliphatic heterocycles. The summed E-state index contributed by atoms with van der Waals surface area (Å²) in [5, 5.41) is 16.2. The first-order valence-corrected chi connectivity index (χ1v) is 16.7. The molecule has 0 aliphatic rings. The predicted molar refractivity (Wildman–Crippen MR) is 187 cm³/mol. The van der Waals surface area contributed by atoms with Crippen LogP contribution < -0.4 is 32.3 Å². The minimum Gasteiger partial charge on any atom is -0.380 e. The van der Waals surface area contributed by atoms with Crippen molar-refractivity contribution in [1.82, 2.24) is 25.6 Å². The number of carbonyl (C=O) groups is 1. The molecule has 1 aromatic heterocycles. The minimum atomic E-state index is -0.0818. The van der Waals surface area contributed by atoms with E-state index in [-0.39, 0.29) is 5.91 Å². The zero-order chi connectivity index (χ0) is 33.2. The number of rotatable bonds is 27. The second-order valence-electron chi connectivity index (χ2n) is 10.8. The highest BCUT2D eigenvalue weighted by atomic mass is 16.5. The standard InChI is InChI=1S/C34H53N9O4/c1-2-3-17-38-32-41-33(39-18-8-5-9-21-45-24-20-37-31(44)29-10-6-4-7-11-29)43-34(42-32)40-30-14-12-28(13-15-30)27-36-19-23-47-26-25-46-22-16-35/h4,6-7,10-15,36H,2-3,5,8-9,16-27,35H2,1H3,(H,37,44)(H3,38,39,40,41,42,43). The van der Waals surface area contributed by atoms with Crippen LogP contribution in [0.4, 0.5) is 23.5 Å². The molecule has 0 radical (unpaired) electrons. The third-order valence-corrected chi connectivity index (χ3v) is 6.86. The lowest BCUT2D eigenvalue weighted by atomic mass is 10.2. The van der Waals surface area contributed by atoms with E-state index >= 15 is 0 Å². The molecule has 258 valence electrons. The average molecular weight is 652 g/mol. The summed E-state index contributed by atoms with van der Waals surface area (Å²) in [6.07, 6.45) is 5.00. The molecule has 13 nitrogen and oxygen atoms in total. The summed E-state index contributed by atoms with van der Waals surface area (Å²) in [4.78, 5) is 25.8. The summed E-state index contributed by atoms with van der Waals surface area (Å²) in [6, 6.07) is 17.4. The zero-order valence-corrected chi connectivity index (χ0v) is 27.8. The molecule has 0 saturated carbocycles. The zero-order valence-electron chi connectivity index (χ0n) is 27.8. The molecule has 0 fully saturated rings. The number of unbranched alkanes of at least 4 members (excludes halogenated alkanes) is 3. The van der Waals surface area contributed by atoms with Crippen molar-refractivity contribution in [1.29, 1.82) is 0 Å². The van der Waals surface area contributed by atoms with Crippen LogP contribution in [-0.2, 0) is 20.8 Å². The quantitative estimate of drug-likeness (QED) is 0.0658. The number of aromatic nitrogens is 3. The van der Waals surface area contributed by atoms with Crippen molar-refractivity contribution in [3.63, 3.8) is 0 Å². The number of amides is 1. The fourth-order valence-electron chi connectivity index (χ4n) is 4.32. The molecule has 47 heavy (non-hydrogen) atoms. The van der Waals surface area contributed by atoms with Gasteiger partial charge in [-0.1, -0.05) is 43.7 Å². The molecule has 3 aromatic rings. The number of benzene rings is 2. The van der Waals surface area contributed by atoms with Crippen molar-refractivity contribution in [2.24, 2.45) is 5.73 Å². The number of ether oxygens (including phenoxy) is 3. The number of nitrogens with zero attached hydrogens (tertiary/aromatic N) is 3. The number of hydrogen-bond acceptors (Lipinski definition) is 12. The highest BCUT2D eigenvalue weighted by Gasteiger charge is 2.08. The first-order chi connectivity index (χ1) is 23.2. The van der Waals surface area contributed by atoms with E-state index in [1.165, 1.54) is 5.56 Å². The summed E-state index contributed by atoms with van der Waals surface area (Å²) in [7, 11) is 0. The molecule has 2 aromatic carbocycles. The van der Waals surface area contributed by atoms with E-state index in [0.29, 0.717) is 76.1 Å². The topological polar surface area (TPSA) is 170 Å². The van der Waals surface area contributed by atoms with Crippen molar-refractivity contribution >= 4 is 29.4 Å². The van der Waals surface area contributed by atoms with Crippen molar-refractivity contribution in [3.8, 4) is 0 Å².